The summed E-state index contributed by atoms with van der Waals surface area (Å²) in [5, 5.41) is 5.16. The van der Waals surface area contributed by atoms with E-state index in [4.69, 9.17) is 11.6 Å². The number of aliphatic imine (C=N–C) groups is 1. The highest BCUT2D eigenvalue weighted by atomic mass is 35.5. The first-order valence-electron chi connectivity index (χ1n) is 7.47. The quantitative estimate of drug-likeness (QED) is 0.825. The van der Waals surface area contributed by atoms with E-state index in [0.717, 1.165) is 23.9 Å². The number of nitrogens with one attached hydrogen (secondary N) is 2. The minimum absolute atomic E-state index is 0.144. The van der Waals surface area contributed by atoms with E-state index in [1.165, 1.54) is 0 Å². The molecule has 1 heterocycles. The Morgan fingerprint density at radius 1 is 1.23 bits per heavy atom. The summed E-state index contributed by atoms with van der Waals surface area (Å²) in [6, 6.07) is 9.56. The molecule has 1 atom stereocenters. The lowest BCUT2D eigenvalue weighted by Gasteiger charge is -2.08. The maximum absolute atomic E-state index is 13.6. The summed E-state index contributed by atoms with van der Waals surface area (Å²) in [6.45, 7) is 0. The maximum Gasteiger partial charge on any atom is 0.240 e. The van der Waals surface area contributed by atoms with Crippen molar-refractivity contribution in [1.29, 1.82) is 0 Å². The summed E-state index contributed by atoms with van der Waals surface area (Å²) >= 11 is 6.91. The van der Waals surface area contributed by atoms with Crippen molar-refractivity contribution < 1.29 is 18.4 Å². The fraction of sp³-hybridized carbons (Fsp3) is 0.118. The van der Waals surface area contributed by atoms with Crippen LogP contribution in [-0.2, 0) is 9.59 Å². The average molecular weight is 396 g/mol. The molecule has 1 fully saturated rings. The second-order valence-electron chi connectivity index (χ2n) is 5.37. The molecule has 2 N–H and O–H groups in total. The summed E-state index contributed by atoms with van der Waals surface area (Å²) in [5.74, 6) is -2.55. The van der Waals surface area contributed by atoms with Crippen LogP contribution in [0.5, 0.6) is 0 Å². The molecule has 2 aromatic carbocycles. The molecule has 0 bridgehead atoms. The molecule has 1 aliphatic heterocycles. The SMILES string of the molecule is O=C(C[C@@H]1SC(=Nc2ccc(Cl)cc2)NC1=O)Nc1ccc(F)cc1F. The van der Waals surface area contributed by atoms with Gasteiger partial charge in [-0.25, -0.2) is 13.8 Å². The summed E-state index contributed by atoms with van der Waals surface area (Å²) < 4.78 is 26.4. The van der Waals surface area contributed by atoms with Gasteiger partial charge in [0.25, 0.3) is 0 Å². The predicted molar refractivity (Wildman–Crippen MR) is 97.7 cm³/mol. The Kier molecular flexibility index (Phi) is 5.53. The largest absolute Gasteiger partial charge is 0.324 e. The Labute approximate surface area is 156 Å². The molecule has 9 heteroatoms. The molecule has 1 saturated heterocycles. The van der Waals surface area contributed by atoms with Crippen LogP contribution in [0.25, 0.3) is 0 Å². The Morgan fingerprint density at radius 2 is 1.96 bits per heavy atom. The molecule has 0 aromatic heterocycles. The van der Waals surface area contributed by atoms with Crippen LogP contribution in [0.15, 0.2) is 47.5 Å². The number of carbonyl (C=O) groups excluding carboxylic acids is 2. The van der Waals surface area contributed by atoms with Crippen LogP contribution >= 0.6 is 23.4 Å². The molecule has 2 aromatic rings. The van der Waals surface area contributed by atoms with Crippen molar-refractivity contribution in [3.05, 3.63) is 59.1 Å². The van der Waals surface area contributed by atoms with Crippen molar-refractivity contribution >= 4 is 51.7 Å². The molecule has 2 amide bonds. The predicted octanol–water partition coefficient (Wildman–Crippen LogP) is 3.87. The zero-order chi connectivity index (χ0) is 18.7. The smallest absolute Gasteiger partial charge is 0.240 e. The normalized spacial score (nSPS) is 18.0. The summed E-state index contributed by atoms with van der Waals surface area (Å²) in [6.07, 6.45) is -0.174. The molecule has 5 nitrogen and oxygen atoms in total. The van der Waals surface area contributed by atoms with Gasteiger partial charge in [-0.3, -0.25) is 9.59 Å². The summed E-state index contributed by atoms with van der Waals surface area (Å²) in [4.78, 5) is 28.3. The van der Waals surface area contributed by atoms with Gasteiger partial charge in [-0.2, -0.15) is 0 Å². The zero-order valence-electron chi connectivity index (χ0n) is 13.1. The van der Waals surface area contributed by atoms with Crippen LogP contribution in [0.2, 0.25) is 5.02 Å². The highest BCUT2D eigenvalue weighted by Gasteiger charge is 2.32. The van der Waals surface area contributed by atoms with Crippen molar-refractivity contribution in [3.8, 4) is 0 Å². The zero-order valence-corrected chi connectivity index (χ0v) is 14.7. The first-order valence-corrected chi connectivity index (χ1v) is 8.73. The lowest BCUT2D eigenvalue weighted by atomic mass is 10.2. The van der Waals surface area contributed by atoms with Gasteiger partial charge < -0.3 is 10.6 Å². The fourth-order valence-corrected chi connectivity index (χ4v) is 3.30. The second kappa shape index (κ2) is 7.84. The maximum atomic E-state index is 13.6. The van der Waals surface area contributed by atoms with E-state index in [1.54, 1.807) is 24.3 Å². The molecule has 26 heavy (non-hydrogen) atoms. The van der Waals surface area contributed by atoms with Crippen LogP contribution in [0, 0.1) is 11.6 Å². The molecule has 0 radical (unpaired) electrons. The van der Waals surface area contributed by atoms with E-state index in [9.17, 15) is 18.4 Å². The number of nitrogens with zero attached hydrogens (tertiary/aromatic N) is 1. The lowest BCUT2D eigenvalue weighted by molar-refractivity contribution is -0.122. The lowest BCUT2D eigenvalue weighted by Crippen LogP contribution is -2.28. The van der Waals surface area contributed by atoms with Crippen molar-refractivity contribution in [2.75, 3.05) is 5.32 Å². The third-order valence-electron chi connectivity index (χ3n) is 3.41. The van der Waals surface area contributed by atoms with Gasteiger partial charge in [0.1, 0.15) is 16.9 Å². The number of carbonyl (C=O) groups is 2. The Morgan fingerprint density at radius 3 is 2.65 bits per heavy atom. The number of benzene rings is 2. The van der Waals surface area contributed by atoms with Crippen LogP contribution in [0.3, 0.4) is 0 Å². The number of hydrogen-bond acceptors (Lipinski definition) is 4. The van der Waals surface area contributed by atoms with E-state index >= 15 is 0 Å². The standard InChI is InChI=1S/C17H12ClF2N3O2S/c18-9-1-4-11(5-2-9)21-17-23-16(25)14(26-17)8-15(24)22-13-6-3-10(19)7-12(13)20/h1-7,14H,8H2,(H,22,24)(H,21,23,25)/t14-/m0/s1. The number of thioether (sulfide) groups is 1. The molecular weight excluding hydrogens is 384 g/mol. The minimum atomic E-state index is -0.883. The van der Waals surface area contributed by atoms with Crippen LogP contribution in [0.1, 0.15) is 6.42 Å². The Balaban J connectivity index is 1.62. The third kappa shape index (κ3) is 4.59. The van der Waals surface area contributed by atoms with Gasteiger partial charge in [0.2, 0.25) is 11.8 Å². The van der Waals surface area contributed by atoms with Gasteiger partial charge in [0.15, 0.2) is 5.17 Å². The van der Waals surface area contributed by atoms with E-state index in [-0.39, 0.29) is 18.0 Å². The third-order valence-corrected chi connectivity index (χ3v) is 4.74. The molecule has 134 valence electrons. The van der Waals surface area contributed by atoms with Gasteiger partial charge in [0, 0.05) is 17.5 Å². The molecule has 3 rings (SSSR count). The van der Waals surface area contributed by atoms with Crippen molar-refractivity contribution in [2.24, 2.45) is 4.99 Å². The van der Waals surface area contributed by atoms with E-state index in [2.05, 4.69) is 15.6 Å². The molecule has 0 spiro atoms. The van der Waals surface area contributed by atoms with Crippen LogP contribution in [0.4, 0.5) is 20.2 Å². The molecule has 1 aliphatic rings. The van der Waals surface area contributed by atoms with Gasteiger partial charge in [0.05, 0.1) is 11.4 Å². The average Bonchev–Trinajstić information content (AvgIpc) is 2.91. The molecular formula is C17H12ClF2N3O2S. The van der Waals surface area contributed by atoms with Crippen LogP contribution < -0.4 is 10.6 Å². The van der Waals surface area contributed by atoms with Gasteiger partial charge in [-0.05, 0) is 36.4 Å². The molecule has 0 unspecified atom stereocenters. The number of halogens is 3. The topological polar surface area (TPSA) is 70.6 Å². The highest BCUT2D eigenvalue weighted by Crippen LogP contribution is 2.26. The van der Waals surface area contributed by atoms with Gasteiger partial charge in [-0.1, -0.05) is 23.4 Å². The van der Waals surface area contributed by atoms with Crippen molar-refractivity contribution in [2.45, 2.75) is 11.7 Å². The molecule has 0 aliphatic carbocycles. The second-order valence-corrected chi connectivity index (χ2v) is 6.99. The molecule has 0 saturated carbocycles. The fourth-order valence-electron chi connectivity index (χ4n) is 2.19. The first-order chi connectivity index (χ1) is 12.4. The Hall–Kier alpha value is -2.45. The van der Waals surface area contributed by atoms with E-state index in [1.807, 2.05) is 0 Å². The summed E-state index contributed by atoms with van der Waals surface area (Å²) in [5.41, 5.74) is 0.463. The first kappa shape index (κ1) is 18.3. The van der Waals surface area contributed by atoms with Crippen LogP contribution in [-0.4, -0.2) is 22.2 Å². The highest BCUT2D eigenvalue weighted by molar-refractivity contribution is 8.15. The number of amidine groups is 1. The van der Waals surface area contributed by atoms with Gasteiger partial charge >= 0.3 is 0 Å². The monoisotopic (exact) mass is 395 g/mol. The summed E-state index contributed by atoms with van der Waals surface area (Å²) in [7, 11) is 0. The van der Waals surface area contributed by atoms with Gasteiger partial charge in [-0.15, -0.1) is 0 Å². The number of rotatable bonds is 4. The van der Waals surface area contributed by atoms with Crippen molar-refractivity contribution in [3.63, 3.8) is 0 Å². The number of hydrogen-bond donors (Lipinski definition) is 2. The minimum Gasteiger partial charge on any atom is -0.324 e. The number of amides is 2. The number of anilines is 1. The Bertz CT molecular complexity index is 890. The van der Waals surface area contributed by atoms with Crippen molar-refractivity contribution in [1.82, 2.24) is 5.32 Å². The van der Waals surface area contributed by atoms with E-state index < -0.39 is 22.8 Å². The van der Waals surface area contributed by atoms with E-state index in [0.29, 0.717) is 21.9 Å².